The first-order valence-electron chi connectivity index (χ1n) is 8.34. The highest BCUT2D eigenvalue weighted by molar-refractivity contribution is 9.10. The van der Waals surface area contributed by atoms with Crippen LogP contribution in [0.4, 0.5) is 10.1 Å². The fourth-order valence-corrected chi connectivity index (χ4v) is 5.10. The summed E-state index contributed by atoms with van der Waals surface area (Å²) >= 11 is 4.80. The molecule has 2 aliphatic rings. The molecule has 1 saturated heterocycles. The molecule has 0 radical (unpaired) electrons. The molecule has 2 aromatic rings. The Morgan fingerprint density at radius 3 is 2.85 bits per heavy atom. The van der Waals surface area contributed by atoms with Gasteiger partial charge in [0, 0.05) is 27.4 Å². The van der Waals surface area contributed by atoms with Gasteiger partial charge in [-0.2, -0.15) is 0 Å². The zero-order valence-electron chi connectivity index (χ0n) is 14.1. The second-order valence-electron chi connectivity index (χ2n) is 6.44. The Morgan fingerprint density at radius 1 is 1.33 bits per heavy atom. The first-order chi connectivity index (χ1) is 13.0. The highest BCUT2D eigenvalue weighted by atomic mass is 79.9. The van der Waals surface area contributed by atoms with E-state index in [1.165, 1.54) is 17.8 Å². The Balaban J connectivity index is 1.80. The Kier molecular flexibility index (Phi) is 4.96. The molecule has 3 atom stereocenters. The van der Waals surface area contributed by atoms with Gasteiger partial charge in [-0.05, 0) is 30.3 Å². The van der Waals surface area contributed by atoms with E-state index in [9.17, 15) is 14.3 Å². The second-order valence-corrected chi connectivity index (χ2v) is 8.37. The number of anilines is 1. The van der Waals surface area contributed by atoms with Crippen LogP contribution < -0.4 is 5.32 Å². The van der Waals surface area contributed by atoms with Gasteiger partial charge in [0.25, 0.3) is 0 Å². The van der Waals surface area contributed by atoms with Crippen LogP contribution in [0.25, 0.3) is 0 Å². The molecule has 4 rings (SSSR count). The number of rotatable bonds is 3. The van der Waals surface area contributed by atoms with Crippen molar-refractivity contribution in [1.29, 1.82) is 0 Å². The summed E-state index contributed by atoms with van der Waals surface area (Å²) in [5.74, 6) is -1.48. The lowest BCUT2D eigenvalue weighted by atomic mass is 9.79. The standard InChI is InChI=1S/C19H16BrFN2O3S/c20-11-6-7-15(21)13(8-11)19-10-26-16(17(24)25)14(19)9-27-18(23-19)22-12-4-2-1-3-5-12/h1-8,14,16H,9-10H2,(H,22,23)(H,24,25)/t14-,16+,19-/m1/s1. The van der Waals surface area contributed by atoms with Crippen LogP contribution in [0.5, 0.6) is 0 Å². The third-order valence-electron chi connectivity index (χ3n) is 4.83. The molecule has 0 amide bonds. The van der Waals surface area contributed by atoms with Gasteiger partial charge in [0.2, 0.25) is 0 Å². The highest BCUT2D eigenvalue weighted by Crippen LogP contribution is 2.49. The van der Waals surface area contributed by atoms with Crippen LogP contribution in [0.3, 0.4) is 0 Å². The molecule has 0 aromatic heterocycles. The van der Waals surface area contributed by atoms with Crippen LogP contribution in [-0.4, -0.2) is 34.7 Å². The van der Waals surface area contributed by atoms with Gasteiger partial charge in [0.05, 0.1) is 6.61 Å². The van der Waals surface area contributed by atoms with E-state index >= 15 is 0 Å². The molecule has 140 valence electrons. The first-order valence-corrected chi connectivity index (χ1v) is 10.1. The van der Waals surface area contributed by atoms with Crippen molar-refractivity contribution >= 4 is 44.5 Å². The van der Waals surface area contributed by atoms with E-state index in [2.05, 4.69) is 21.2 Å². The lowest BCUT2D eigenvalue weighted by molar-refractivity contribution is -0.148. The van der Waals surface area contributed by atoms with Crippen LogP contribution in [0.15, 0.2) is 58.0 Å². The fraction of sp³-hybridized carbons (Fsp3) is 0.263. The van der Waals surface area contributed by atoms with Gasteiger partial charge in [0.1, 0.15) is 11.4 Å². The molecule has 0 saturated carbocycles. The van der Waals surface area contributed by atoms with Crippen molar-refractivity contribution in [2.75, 3.05) is 17.7 Å². The number of hydrogen-bond acceptors (Lipinski definition) is 5. The van der Waals surface area contributed by atoms with Crippen molar-refractivity contribution in [3.8, 4) is 0 Å². The van der Waals surface area contributed by atoms with Gasteiger partial charge in [-0.25, -0.2) is 14.2 Å². The van der Waals surface area contributed by atoms with E-state index in [4.69, 9.17) is 9.73 Å². The predicted molar refractivity (Wildman–Crippen MR) is 107 cm³/mol. The Labute approximate surface area is 168 Å². The first kappa shape index (κ1) is 18.5. The van der Waals surface area contributed by atoms with Crippen molar-refractivity contribution in [2.24, 2.45) is 10.9 Å². The lowest BCUT2D eigenvalue weighted by Crippen LogP contribution is -2.43. The molecular formula is C19H16BrFN2O3S. The molecule has 1 fully saturated rings. The molecule has 2 aliphatic heterocycles. The number of aliphatic carboxylic acids is 1. The maximum atomic E-state index is 14.7. The molecule has 2 heterocycles. The number of fused-ring (bicyclic) bond motifs is 1. The molecule has 0 spiro atoms. The van der Waals surface area contributed by atoms with Crippen LogP contribution >= 0.6 is 27.7 Å². The van der Waals surface area contributed by atoms with E-state index in [1.54, 1.807) is 12.1 Å². The van der Waals surface area contributed by atoms with Gasteiger partial charge in [-0.1, -0.05) is 45.9 Å². The van der Waals surface area contributed by atoms with Gasteiger partial charge < -0.3 is 15.2 Å². The third kappa shape index (κ3) is 3.37. The molecule has 2 N–H and O–H groups in total. The summed E-state index contributed by atoms with van der Waals surface area (Å²) in [5, 5.41) is 13.4. The number of aliphatic imine (C=N–C) groups is 1. The van der Waals surface area contributed by atoms with E-state index in [0.29, 0.717) is 21.0 Å². The summed E-state index contributed by atoms with van der Waals surface area (Å²) in [5.41, 5.74) is 0.123. The largest absolute Gasteiger partial charge is 0.479 e. The summed E-state index contributed by atoms with van der Waals surface area (Å²) < 4.78 is 21.0. The number of nitrogens with one attached hydrogen (secondary N) is 1. The third-order valence-corrected chi connectivity index (χ3v) is 6.31. The topological polar surface area (TPSA) is 70.9 Å². The summed E-state index contributed by atoms with van der Waals surface area (Å²) in [7, 11) is 0. The fourth-order valence-electron chi connectivity index (χ4n) is 3.53. The van der Waals surface area contributed by atoms with Gasteiger partial charge in [-0.15, -0.1) is 0 Å². The number of para-hydroxylation sites is 1. The zero-order chi connectivity index (χ0) is 19.0. The summed E-state index contributed by atoms with van der Waals surface area (Å²) in [6.45, 7) is 0.0164. The number of halogens is 2. The Hall–Kier alpha value is -1.90. The number of thioether (sulfide) groups is 1. The molecule has 8 heteroatoms. The minimum atomic E-state index is -1.08. The van der Waals surface area contributed by atoms with E-state index in [1.807, 2.05) is 30.3 Å². The number of carboxylic acids is 1. The number of hydrogen-bond donors (Lipinski definition) is 2. The highest BCUT2D eigenvalue weighted by Gasteiger charge is 2.56. The van der Waals surface area contributed by atoms with Gasteiger partial charge in [0.15, 0.2) is 11.3 Å². The minimum Gasteiger partial charge on any atom is -0.479 e. The monoisotopic (exact) mass is 450 g/mol. The smallest absolute Gasteiger partial charge is 0.333 e. The summed E-state index contributed by atoms with van der Waals surface area (Å²) in [4.78, 5) is 16.4. The number of ether oxygens (including phenoxy) is 1. The normalized spacial score (nSPS) is 27.0. The second kappa shape index (κ2) is 7.26. The quantitative estimate of drug-likeness (QED) is 0.736. The number of amidine groups is 1. The molecular weight excluding hydrogens is 435 g/mol. The van der Waals surface area contributed by atoms with Gasteiger partial charge in [-0.3, -0.25) is 0 Å². The number of benzene rings is 2. The molecule has 5 nitrogen and oxygen atoms in total. The van der Waals surface area contributed by atoms with Crippen LogP contribution in [-0.2, 0) is 15.1 Å². The minimum absolute atomic E-state index is 0.0164. The predicted octanol–water partition coefficient (Wildman–Crippen LogP) is 4.10. The maximum Gasteiger partial charge on any atom is 0.333 e. The van der Waals surface area contributed by atoms with Crippen LogP contribution in [0.2, 0.25) is 0 Å². The summed E-state index contributed by atoms with van der Waals surface area (Å²) in [6.07, 6.45) is -1.02. The van der Waals surface area contributed by atoms with Crippen molar-refractivity contribution < 1.29 is 19.0 Å². The molecule has 2 aromatic carbocycles. The van der Waals surface area contributed by atoms with E-state index in [0.717, 1.165) is 5.69 Å². The zero-order valence-corrected chi connectivity index (χ0v) is 16.5. The van der Waals surface area contributed by atoms with Gasteiger partial charge >= 0.3 is 5.97 Å². The lowest BCUT2D eigenvalue weighted by Gasteiger charge is -2.36. The summed E-state index contributed by atoms with van der Waals surface area (Å²) in [6, 6.07) is 14.2. The van der Waals surface area contributed by atoms with Crippen molar-refractivity contribution in [3.05, 3.63) is 64.4 Å². The molecule has 0 bridgehead atoms. The number of carboxylic acid groups (broad SMARTS) is 1. The van der Waals surface area contributed by atoms with Crippen molar-refractivity contribution in [3.63, 3.8) is 0 Å². The average molecular weight is 451 g/mol. The van der Waals surface area contributed by atoms with Crippen LogP contribution in [0.1, 0.15) is 5.56 Å². The van der Waals surface area contributed by atoms with E-state index in [-0.39, 0.29) is 6.61 Å². The SMILES string of the molecule is O=C(O)[C@H]1OC[C@]2(c3cc(Br)ccc3F)N=C(Nc3ccccc3)SC[C@H]12. The Morgan fingerprint density at radius 2 is 2.11 bits per heavy atom. The van der Waals surface area contributed by atoms with Crippen molar-refractivity contribution in [2.45, 2.75) is 11.6 Å². The molecule has 0 unspecified atom stereocenters. The Bertz CT molecular complexity index is 911. The average Bonchev–Trinajstić information content (AvgIpc) is 3.04. The number of carbonyl (C=O) groups is 1. The van der Waals surface area contributed by atoms with Crippen LogP contribution in [0, 0.1) is 11.7 Å². The molecule has 27 heavy (non-hydrogen) atoms. The molecule has 0 aliphatic carbocycles. The van der Waals surface area contributed by atoms with E-state index < -0.39 is 29.3 Å². The maximum absolute atomic E-state index is 14.7. The number of nitrogens with zero attached hydrogens (tertiary/aromatic N) is 1. The van der Waals surface area contributed by atoms with Crippen molar-refractivity contribution in [1.82, 2.24) is 0 Å².